The van der Waals surface area contributed by atoms with Crippen LogP contribution in [0, 0.1) is 32.1 Å². The third-order valence-corrected chi connectivity index (χ3v) is 2.50. The van der Waals surface area contributed by atoms with Crippen molar-refractivity contribution in [1.29, 1.82) is 5.26 Å². The fraction of sp³-hybridized carbons (Fsp3) is 0.385. The molecule has 0 radical (unpaired) electrons. The highest BCUT2D eigenvalue weighted by atomic mass is 16.6. The van der Waals surface area contributed by atoms with Gasteiger partial charge >= 0.3 is 6.09 Å². The van der Waals surface area contributed by atoms with Gasteiger partial charge in [0.05, 0.1) is 12.5 Å². The van der Waals surface area contributed by atoms with E-state index in [1.54, 1.807) is 0 Å². The van der Waals surface area contributed by atoms with Crippen molar-refractivity contribution in [2.24, 2.45) is 0 Å². The van der Waals surface area contributed by atoms with Crippen molar-refractivity contribution in [2.45, 2.75) is 27.2 Å². The highest BCUT2D eigenvalue weighted by Gasteiger charge is 2.07. The summed E-state index contributed by atoms with van der Waals surface area (Å²) in [7, 11) is 0. The molecule has 0 spiro atoms. The number of rotatable bonds is 3. The monoisotopic (exact) mass is 232 g/mol. The molecule has 0 saturated heterocycles. The molecule has 4 heteroatoms. The maximum atomic E-state index is 11.4. The Labute approximate surface area is 101 Å². The second kappa shape index (κ2) is 5.90. The van der Waals surface area contributed by atoms with Crippen LogP contribution in [0.5, 0.6) is 5.75 Å². The van der Waals surface area contributed by atoms with Crippen LogP contribution in [0.2, 0.25) is 0 Å². The van der Waals surface area contributed by atoms with Gasteiger partial charge in [-0.3, -0.25) is 0 Å². The van der Waals surface area contributed by atoms with Crippen LogP contribution >= 0.6 is 0 Å². The number of nitrogens with zero attached hydrogens (tertiary/aromatic N) is 1. The highest BCUT2D eigenvalue weighted by Crippen LogP contribution is 2.22. The van der Waals surface area contributed by atoms with E-state index < -0.39 is 6.09 Å². The van der Waals surface area contributed by atoms with Crippen molar-refractivity contribution in [1.82, 2.24) is 5.32 Å². The summed E-state index contributed by atoms with van der Waals surface area (Å²) < 4.78 is 5.17. The predicted octanol–water partition coefficient (Wildman–Crippen LogP) is 2.61. The minimum Gasteiger partial charge on any atom is -0.410 e. The van der Waals surface area contributed by atoms with Gasteiger partial charge in [0.15, 0.2) is 0 Å². The summed E-state index contributed by atoms with van der Waals surface area (Å²) >= 11 is 0. The normalized spacial score (nSPS) is 9.53. The van der Waals surface area contributed by atoms with E-state index in [2.05, 4.69) is 5.32 Å². The van der Waals surface area contributed by atoms with Crippen molar-refractivity contribution in [3.05, 3.63) is 28.8 Å². The van der Waals surface area contributed by atoms with Crippen LogP contribution < -0.4 is 10.1 Å². The van der Waals surface area contributed by atoms with Crippen LogP contribution in [0.3, 0.4) is 0 Å². The topological polar surface area (TPSA) is 62.1 Å². The molecule has 1 rings (SSSR count). The fourth-order valence-corrected chi connectivity index (χ4v) is 1.40. The average molecular weight is 232 g/mol. The molecule has 17 heavy (non-hydrogen) atoms. The lowest BCUT2D eigenvalue weighted by atomic mass is 10.1. The second-order valence-electron chi connectivity index (χ2n) is 3.93. The van der Waals surface area contributed by atoms with Gasteiger partial charge in [0.25, 0.3) is 0 Å². The minimum atomic E-state index is -0.522. The van der Waals surface area contributed by atoms with Crippen molar-refractivity contribution < 1.29 is 9.53 Å². The van der Waals surface area contributed by atoms with Gasteiger partial charge in [0, 0.05) is 6.54 Å². The number of carbonyl (C=O) groups excluding carboxylic acids is 1. The van der Waals surface area contributed by atoms with Crippen LogP contribution in [0.15, 0.2) is 12.1 Å². The van der Waals surface area contributed by atoms with E-state index in [0.717, 1.165) is 11.1 Å². The van der Waals surface area contributed by atoms with Gasteiger partial charge in [-0.2, -0.15) is 5.26 Å². The number of benzene rings is 1. The van der Waals surface area contributed by atoms with Crippen molar-refractivity contribution in [3.63, 3.8) is 0 Å². The summed E-state index contributed by atoms with van der Waals surface area (Å²) in [4.78, 5) is 11.4. The van der Waals surface area contributed by atoms with E-state index in [1.807, 2.05) is 39.0 Å². The Bertz CT molecular complexity index is 461. The molecular formula is C13H16N2O2. The van der Waals surface area contributed by atoms with E-state index >= 15 is 0 Å². The zero-order chi connectivity index (χ0) is 12.8. The summed E-state index contributed by atoms with van der Waals surface area (Å²) in [5.41, 5.74) is 3.17. The molecule has 0 unspecified atom stereocenters. The number of nitriles is 1. The molecule has 90 valence electrons. The van der Waals surface area contributed by atoms with Crippen molar-refractivity contribution in [2.75, 3.05) is 6.54 Å². The van der Waals surface area contributed by atoms with E-state index in [-0.39, 0.29) is 6.42 Å². The number of hydrogen-bond donors (Lipinski definition) is 1. The molecule has 0 fully saturated rings. The number of ether oxygens (including phenoxy) is 1. The molecule has 0 aliphatic heterocycles. The lowest BCUT2D eigenvalue weighted by molar-refractivity contribution is 0.200. The van der Waals surface area contributed by atoms with Gasteiger partial charge in [-0.05, 0) is 43.5 Å². The first kappa shape index (κ1) is 13.0. The molecule has 1 aromatic carbocycles. The van der Waals surface area contributed by atoms with Crippen LogP contribution in [-0.2, 0) is 0 Å². The largest absolute Gasteiger partial charge is 0.412 e. The standard InChI is InChI=1S/C13H16N2O2/c1-9-7-11(3)12(8-10(9)2)17-13(16)15-6-4-5-14/h7-8H,4,6H2,1-3H3,(H,15,16). The summed E-state index contributed by atoms with van der Waals surface area (Å²) in [6, 6.07) is 5.77. The first-order valence-electron chi connectivity index (χ1n) is 5.45. The molecule has 1 aromatic rings. The molecule has 0 heterocycles. The summed E-state index contributed by atoms with van der Waals surface area (Å²) in [6.07, 6.45) is -0.243. The van der Waals surface area contributed by atoms with Gasteiger partial charge in [0.1, 0.15) is 5.75 Å². The Kier molecular flexibility index (Phi) is 4.53. The third kappa shape index (κ3) is 3.80. The Hall–Kier alpha value is -2.02. The number of aryl methyl sites for hydroxylation is 3. The molecule has 0 aromatic heterocycles. The number of nitrogens with one attached hydrogen (secondary N) is 1. The average Bonchev–Trinajstić information content (AvgIpc) is 2.26. The quantitative estimate of drug-likeness (QED) is 0.815. The molecular weight excluding hydrogens is 216 g/mol. The van der Waals surface area contributed by atoms with Crippen LogP contribution in [0.25, 0.3) is 0 Å². The molecule has 0 aliphatic rings. The molecule has 1 N–H and O–H groups in total. The molecule has 0 saturated carbocycles. The maximum absolute atomic E-state index is 11.4. The molecule has 0 atom stereocenters. The number of hydrogen-bond acceptors (Lipinski definition) is 3. The Balaban J connectivity index is 2.66. The third-order valence-electron chi connectivity index (χ3n) is 2.50. The van der Waals surface area contributed by atoms with Crippen LogP contribution in [-0.4, -0.2) is 12.6 Å². The van der Waals surface area contributed by atoms with Crippen LogP contribution in [0.1, 0.15) is 23.1 Å². The first-order valence-corrected chi connectivity index (χ1v) is 5.45. The van der Waals surface area contributed by atoms with Gasteiger partial charge in [0.2, 0.25) is 0 Å². The van der Waals surface area contributed by atoms with Gasteiger partial charge in [-0.15, -0.1) is 0 Å². The predicted molar refractivity (Wildman–Crippen MR) is 64.9 cm³/mol. The molecule has 4 nitrogen and oxygen atoms in total. The van der Waals surface area contributed by atoms with Gasteiger partial charge in [-0.25, -0.2) is 4.79 Å². The molecule has 1 amide bonds. The fourth-order valence-electron chi connectivity index (χ4n) is 1.40. The lowest BCUT2D eigenvalue weighted by Gasteiger charge is -2.10. The molecule has 0 aliphatic carbocycles. The minimum absolute atomic E-state index is 0.279. The van der Waals surface area contributed by atoms with Crippen molar-refractivity contribution >= 4 is 6.09 Å². The molecule has 0 bridgehead atoms. The Morgan fingerprint density at radius 3 is 2.59 bits per heavy atom. The smallest absolute Gasteiger partial charge is 0.410 e. The summed E-state index contributed by atoms with van der Waals surface area (Å²) in [5, 5.41) is 10.8. The zero-order valence-electron chi connectivity index (χ0n) is 10.3. The van der Waals surface area contributed by atoms with Gasteiger partial charge in [-0.1, -0.05) is 6.07 Å². The zero-order valence-corrected chi connectivity index (χ0v) is 10.3. The van der Waals surface area contributed by atoms with Crippen LogP contribution in [0.4, 0.5) is 4.79 Å². The number of amides is 1. The summed E-state index contributed by atoms with van der Waals surface area (Å²) in [6.45, 7) is 6.18. The Morgan fingerprint density at radius 1 is 1.29 bits per heavy atom. The summed E-state index contributed by atoms with van der Waals surface area (Å²) in [5.74, 6) is 0.558. The van der Waals surface area contributed by atoms with E-state index in [0.29, 0.717) is 12.3 Å². The van der Waals surface area contributed by atoms with Crippen molar-refractivity contribution in [3.8, 4) is 11.8 Å². The van der Waals surface area contributed by atoms with E-state index in [4.69, 9.17) is 10.00 Å². The lowest BCUT2D eigenvalue weighted by Crippen LogP contribution is -2.27. The van der Waals surface area contributed by atoms with E-state index in [9.17, 15) is 4.79 Å². The number of carbonyl (C=O) groups is 1. The Morgan fingerprint density at radius 2 is 1.94 bits per heavy atom. The highest BCUT2D eigenvalue weighted by molar-refractivity contribution is 5.71. The first-order chi connectivity index (χ1) is 8.04. The maximum Gasteiger partial charge on any atom is 0.412 e. The van der Waals surface area contributed by atoms with Gasteiger partial charge < -0.3 is 10.1 Å². The van der Waals surface area contributed by atoms with E-state index in [1.165, 1.54) is 5.56 Å². The SMILES string of the molecule is Cc1cc(C)c(OC(=O)NCCC#N)cc1C. The second-order valence-corrected chi connectivity index (χ2v) is 3.93.